The Bertz CT molecular complexity index is 775. The fourth-order valence-electron chi connectivity index (χ4n) is 2.01. The van der Waals surface area contributed by atoms with Gasteiger partial charge in [0.15, 0.2) is 5.82 Å². The lowest BCUT2D eigenvalue weighted by Gasteiger charge is -2.20. The molecule has 0 amide bonds. The second-order valence-corrected chi connectivity index (χ2v) is 4.90. The van der Waals surface area contributed by atoms with Crippen LogP contribution in [-0.2, 0) is 0 Å². The molecule has 0 spiro atoms. The van der Waals surface area contributed by atoms with Crippen LogP contribution in [0.25, 0.3) is 0 Å². The van der Waals surface area contributed by atoms with E-state index in [4.69, 9.17) is 5.73 Å². The standard InChI is InChI=1S/C19H18F2N2/c1-3-5-11-23-12-10-14(13-15(23)4-2)6-7-16-17(20)8-9-18(22)19(16)21/h4-5,8-13H,3,22H2,1-2H3/b11-5+,15-4-. The van der Waals surface area contributed by atoms with Crippen LogP contribution in [0.5, 0.6) is 0 Å². The third kappa shape index (κ3) is 3.89. The first kappa shape index (κ1) is 16.6. The zero-order valence-corrected chi connectivity index (χ0v) is 13.1. The predicted octanol–water partition coefficient (Wildman–Crippen LogP) is 4.48. The molecule has 0 fully saturated rings. The number of nitrogens with two attached hydrogens (primary N) is 1. The van der Waals surface area contributed by atoms with Gasteiger partial charge in [-0.3, -0.25) is 0 Å². The number of nitrogen functional groups attached to an aromatic ring is 1. The molecule has 0 saturated carbocycles. The molecule has 2 rings (SSSR count). The fourth-order valence-corrected chi connectivity index (χ4v) is 2.01. The van der Waals surface area contributed by atoms with E-state index < -0.39 is 11.6 Å². The molecular weight excluding hydrogens is 294 g/mol. The van der Waals surface area contributed by atoms with Gasteiger partial charge >= 0.3 is 0 Å². The summed E-state index contributed by atoms with van der Waals surface area (Å²) in [6.07, 6.45) is 12.4. The Morgan fingerprint density at radius 2 is 2.04 bits per heavy atom. The highest BCUT2D eigenvalue weighted by Gasteiger charge is 2.10. The van der Waals surface area contributed by atoms with Crippen LogP contribution in [0.3, 0.4) is 0 Å². The minimum Gasteiger partial charge on any atom is -0.396 e. The molecule has 2 nitrogen and oxygen atoms in total. The largest absolute Gasteiger partial charge is 0.396 e. The number of anilines is 1. The second-order valence-electron chi connectivity index (χ2n) is 4.90. The molecule has 0 aliphatic carbocycles. The third-order valence-corrected chi connectivity index (χ3v) is 3.27. The van der Waals surface area contributed by atoms with E-state index in [2.05, 4.69) is 18.8 Å². The number of benzene rings is 1. The van der Waals surface area contributed by atoms with E-state index in [0.717, 1.165) is 18.2 Å². The van der Waals surface area contributed by atoms with Crippen molar-refractivity contribution >= 4 is 5.69 Å². The van der Waals surface area contributed by atoms with Gasteiger partial charge in [-0.1, -0.05) is 30.9 Å². The summed E-state index contributed by atoms with van der Waals surface area (Å²) in [6, 6.07) is 2.30. The van der Waals surface area contributed by atoms with Gasteiger partial charge in [0.05, 0.1) is 11.3 Å². The van der Waals surface area contributed by atoms with Crippen molar-refractivity contribution in [3.63, 3.8) is 0 Å². The summed E-state index contributed by atoms with van der Waals surface area (Å²) in [6.45, 7) is 3.97. The summed E-state index contributed by atoms with van der Waals surface area (Å²) in [5.74, 6) is 3.77. The first-order chi connectivity index (χ1) is 11.1. The van der Waals surface area contributed by atoms with Crippen molar-refractivity contribution in [1.29, 1.82) is 0 Å². The van der Waals surface area contributed by atoms with Crippen LogP contribution < -0.4 is 5.73 Å². The quantitative estimate of drug-likeness (QED) is 0.644. The SMILES string of the molecule is C/C=C1/C=C(C#Cc2c(F)ccc(N)c2F)C=CN1/C=C/CC. The number of hydrogen-bond donors (Lipinski definition) is 1. The molecule has 0 saturated heterocycles. The van der Waals surface area contributed by atoms with Gasteiger partial charge in [-0.05, 0) is 37.6 Å². The molecule has 1 heterocycles. The molecule has 1 aliphatic heterocycles. The molecule has 0 radical (unpaired) electrons. The molecule has 4 heteroatoms. The van der Waals surface area contributed by atoms with Crippen molar-refractivity contribution in [2.45, 2.75) is 20.3 Å². The molecule has 0 aromatic heterocycles. The van der Waals surface area contributed by atoms with Crippen LogP contribution in [0.4, 0.5) is 14.5 Å². The van der Waals surface area contributed by atoms with Gasteiger partial charge in [-0.2, -0.15) is 0 Å². The number of nitrogens with zero attached hydrogens (tertiary/aromatic N) is 1. The summed E-state index contributed by atoms with van der Waals surface area (Å²) >= 11 is 0. The molecule has 23 heavy (non-hydrogen) atoms. The lowest BCUT2D eigenvalue weighted by atomic mass is 10.1. The number of halogens is 2. The van der Waals surface area contributed by atoms with Crippen LogP contribution in [0, 0.1) is 23.5 Å². The molecule has 2 N–H and O–H groups in total. The van der Waals surface area contributed by atoms with Gasteiger partial charge in [-0.15, -0.1) is 0 Å². The highest BCUT2D eigenvalue weighted by atomic mass is 19.1. The Kier molecular flexibility index (Phi) is 5.37. The van der Waals surface area contributed by atoms with E-state index in [1.54, 1.807) is 6.08 Å². The van der Waals surface area contributed by atoms with Crippen LogP contribution in [0.1, 0.15) is 25.8 Å². The molecule has 1 aromatic rings. The molecule has 0 atom stereocenters. The molecule has 0 bridgehead atoms. The molecule has 118 valence electrons. The van der Waals surface area contributed by atoms with E-state index in [-0.39, 0.29) is 11.3 Å². The molecule has 0 unspecified atom stereocenters. The zero-order valence-electron chi connectivity index (χ0n) is 13.1. The molecule has 1 aromatic carbocycles. The fraction of sp³-hybridized carbons (Fsp3) is 0.158. The number of hydrogen-bond acceptors (Lipinski definition) is 2. The van der Waals surface area contributed by atoms with Crippen molar-refractivity contribution in [2.24, 2.45) is 0 Å². The van der Waals surface area contributed by atoms with Crippen molar-refractivity contribution in [3.8, 4) is 11.8 Å². The van der Waals surface area contributed by atoms with Crippen LogP contribution in [0.2, 0.25) is 0 Å². The van der Waals surface area contributed by atoms with Gasteiger partial charge in [-0.25, -0.2) is 8.78 Å². The first-order valence-electron chi connectivity index (χ1n) is 7.33. The smallest absolute Gasteiger partial charge is 0.164 e. The van der Waals surface area contributed by atoms with E-state index in [0.29, 0.717) is 5.57 Å². The summed E-state index contributed by atoms with van der Waals surface area (Å²) < 4.78 is 27.5. The maximum Gasteiger partial charge on any atom is 0.164 e. The summed E-state index contributed by atoms with van der Waals surface area (Å²) in [7, 11) is 0. The summed E-state index contributed by atoms with van der Waals surface area (Å²) in [5, 5.41) is 0. The topological polar surface area (TPSA) is 29.3 Å². The van der Waals surface area contributed by atoms with Gasteiger partial charge in [0, 0.05) is 23.7 Å². The monoisotopic (exact) mass is 312 g/mol. The van der Waals surface area contributed by atoms with E-state index in [9.17, 15) is 8.78 Å². The molecule has 1 aliphatic rings. The Labute approximate surface area is 135 Å². The van der Waals surface area contributed by atoms with Crippen molar-refractivity contribution < 1.29 is 8.78 Å². The summed E-state index contributed by atoms with van der Waals surface area (Å²) in [5.41, 5.74) is 6.62. The highest BCUT2D eigenvalue weighted by molar-refractivity contribution is 5.54. The van der Waals surface area contributed by atoms with Crippen LogP contribution in [-0.4, -0.2) is 4.90 Å². The van der Waals surface area contributed by atoms with E-state index in [1.165, 1.54) is 6.07 Å². The maximum absolute atomic E-state index is 13.8. The van der Waals surface area contributed by atoms with Gasteiger partial charge in [0.25, 0.3) is 0 Å². The first-order valence-corrected chi connectivity index (χ1v) is 7.33. The Morgan fingerprint density at radius 3 is 2.74 bits per heavy atom. The number of allylic oxidation sites excluding steroid dienone is 5. The van der Waals surface area contributed by atoms with Crippen molar-refractivity contribution in [1.82, 2.24) is 4.90 Å². The predicted molar refractivity (Wildman–Crippen MR) is 89.9 cm³/mol. The third-order valence-electron chi connectivity index (χ3n) is 3.27. The van der Waals surface area contributed by atoms with Crippen molar-refractivity contribution in [2.75, 3.05) is 5.73 Å². The van der Waals surface area contributed by atoms with Gasteiger partial charge in [0.1, 0.15) is 5.82 Å². The van der Waals surface area contributed by atoms with Crippen molar-refractivity contribution in [3.05, 3.63) is 77.3 Å². The van der Waals surface area contributed by atoms with Gasteiger partial charge in [0.2, 0.25) is 0 Å². The van der Waals surface area contributed by atoms with E-state index in [1.807, 2.05) is 42.5 Å². The second kappa shape index (κ2) is 7.46. The van der Waals surface area contributed by atoms with Crippen LogP contribution in [0.15, 0.2) is 60.1 Å². The van der Waals surface area contributed by atoms with E-state index >= 15 is 0 Å². The highest BCUT2D eigenvalue weighted by Crippen LogP contribution is 2.20. The molecular formula is C19H18F2N2. The zero-order chi connectivity index (χ0) is 16.8. The Balaban J connectivity index is 2.30. The normalized spacial score (nSPS) is 15.7. The lowest BCUT2D eigenvalue weighted by molar-refractivity contribution is 0.580. The summed E-state index contributed by atoms with van der Waals surface area (Å²) in [4.78, 5) is 1.95. The Hall–Kier alpha value is -2.80. The minimum atomic E-state index is -0.823. The Morgan fingerprint density at radius 1 is 1.26 bits per heavy atom. The lowest BCUT2D eigenvalue weighted by Crippen LogP contribution is -2.10. The average Bonchev–Trinajstić information content (AvgIpc) is 2.56. The van der Waals surface area contributed by atoms with Crippen LogP contribution >= 0.6 is 0 Å². The van der Waals surface area contributed by atoms with Gasteiger partial charge < -0.3 is 10.6 Å². The maximum atomic E-state index is 13.8. The number of rotatable bonds is 2. The minimum absolute atomic E-state index is 0.117. The average molecular weight is 312 g/mol.